The molecule has 1 N–H and O–H groups in total. The van der Waals surface area contributed by atoms with E-state index in [4.69, 9.17) is 4.42 Å². The number of hydrogen-bond acceptors (Lipinski definition) is 4. The zero-order chi connectivity index (χ0) is 18.0. The van der Waals surface area contributed by atoms with E-state index in [0.29, 0.717) is 28.5 Å². The van der Waals surface area contributed by atoms with Crippen LogP contribution in [-0.2, 0) is 0 Å². The average Bonchev–Trinajstić information content (AvgIpc) is 3.04. The lowest BCUT2D eigenvalue weighted by atomic mass is 10.1. The topological polar surface area (TPSA) is 68.0 Å². The van der Waals surface area contributed by atoms with E-state index in [-0.39, 0.29) is 5.91 Å². The van der Waals surface area contributed by atoms with Crippen LogP contribution in [0.1, 0.15) is 34.8 Å². The van der Waals surface area contributed by atoms with Crippen LogP contribution in [0, 0.1) is 18.6 Å². The van der Waals surface area contributed by atoms with Gasteiger partial charge in [0.1, 0.15) is 0 Å². The molecule has 2 aromatic carbocycles. The molecule has 1 atom stereocenters. The number of carbonyl (C=O) groups is 1. The largest absolute Gasteiger partial charge is 0.421 e. The maximum Gasteiger partial charge on any atom is 0.251 e. The molecule has 0 spiro atoms. The average molecular weight is 343 g/mol. The Morgan fingerprint density at radius 2 is 1.92 bits per heavy atom. The van der Waals surface area contributed by atoms with E-state index < -0.39 is 17.7 Å². The lowest BCUT2D eigenvalue weighted by Crippen LogP contribution is -2.26. The van der Waals surface area contributed by atoms with Gasteiger partial charge in [-0.15, -0.1) is 10.2 Å². The van der Waals surface area contributed by atoms with Crippen LogP contribution < -0.4 is 5.32 Å². The third-order valence-corrected chi connectivity index (χ3v) is 3.69. The molecule has 0 radical (unpaired) electrons. The summed E-state index contributed by atoms with van der Waals surface area (Å²) in [5.41, 5.74) is 1.48. The molecule has 7 heteroatoms. The summed E-state index contributed by atoms with van der Waals surface area (Å²) in [5.74, 6) is -1.48. The van der Waals surface area contributed by atoms with Gasteiger partial charge in [-0.05, 0) is 42.8 Å². The van der Waals surface area contributed by atoms with E-state index in [2.05, 4.69) is 15.5 Å². The van der Waals surface area contributed by atoms with Crippen LogP contribution in [0.15, 0.2) is 46.9 Å². The van der Waals surface area contributed by atoms with E-state index in [9.17, 15) is 13.6 Å². The normalized spacial score (nSPS) is 12.0. The number of amides is 1. The Morgan fingerprint density at radius 1 is 1.12 bits per heavy atom. The molecule has 0 saturated heterocycles. The minimum atomic E-state index is -0.952. The molecular formula is C18H15F2N3O2. The number of nitrogens with one attached hydrogen (secondary N) is 1. The van der Waals surface area contributed by atoms with E-state index in [1.54, 1.807) is 38.1 Å². The third kappa shape index (κ3) is 3.71. The zero-order valence-corrected chi connectivity index (χ0v) is 13.6. The molecule has 5 nitrogen and oxygen atoms in total. The highest BCUT2D eigenvalue weighted by atomic mass is 19.2. The first-order valence-electron chi connectivity index (χ1n) is 7.60. The molecule has 0 aliphatic carbocycles. The van der Waals surface area contributed by atoms with Gasteiger partial charge in [0.2, 0.25) is 11.8 Å². The lowest BCUT2D eigenvalue weighted by molar-refractivity contribution is 0.0940. The number of aromatic nitrogens is 2. The minimum Gasteiger partial charge on any atom is -0.421 e. The molecule has 1 aromatic heterocycles. The number of carbonyl (C=O) groups excluding carboxylic acids is 1. The number of hydrogen-bond donors (Lipinski definition) is 1. The Balaban J connectivity index is 1.77. The molecular weight excluding hydrogens is 328 g/mol. The fourth-order valence-electron chi connectivity index (χ4n) is 2.35. The molecule has 0 aliphatic rings. The van der Waals surface area contributed by atoms with Gasteiger partial charge in [-0.2, -0.15) is 0 Å². The molecule has 1 amide bonds. The molecule has 1 heterocycles. The van der Waals surface area contributed by atoms with Gasteiger partial charge in [0.25, 0.3) is 5.91 Å². The van der Waals surface area contributed by atoms with Gasteiger partial charge in [-0.1, -0.05) is 12.1 Å². The summed E-state index contributed by atoms with van der Waals surface area (Å²) in [5, 5.41) is 10.4. The smallest absolute Gasteiger partial charge is 0.251 e. The molecule has 0 fully saturated rings. The van der Waals surface area contributed by atoms with Gasteiger partial charge in [0.05, 0.1) is 6.04 Å². The van der Waals surface area contributed by atoms with Crippen LogP contribution >= 0.6 is 0 Å². The van der Waals surface area contributed by atoms with Crippen LogP contribution in [0.4, 0.5) is 8.78 Å². The predicted molar refractivity (Wildman–Crippen MR) is 86.7 cm³/mol. The van der Waals surface area contributed by atoms with Gasteiger partial charge in [-0.3, -0.25) is 4.79 Å². The monoisotopic (exact) mass is 343 g/mol. The molecule has 3 rings (SSSR count). The summed E-state index contributed by atoms with van der Waals surface area (Å²) in [4.78, 5) is 12.4. The first-order chi connectivity index (χ1) is 11.9. The van der Waals surface area contributed by atoms with Crippen molar-refractivity contribution in [3.63, 3.8) is 0 Å². The Morgan fingerprint density at radius 3 is 2.60 bits per heavy atom. The first-order valence-corrected chi connectivity index (χ1v) is 7.60. The molecule has 25 heavy (non-hydrogen) atoms. The first kappa shape index (κ1) is 16.8. The summed E-state index contributed by atoms with van der Waals surface area (Å²) in [6.07, 6.45) is 0. The highest BCUT2D eigenvalue weighted by Crippen LogP contribution is 2.20. The number of benzene rings is 2. The SMILES string of the molecule is Cc1nnc(-c2cccc(C(=O)N[C@@H](C)c3ccc(F)c(F)c3)c2)o1. The highest BCUT2D eigenvalue weighted by Gasteiger charge is 2.15. The number of halogens is 2. The van der Waals surface area contributed by atoms with Gasteiger partial charge in [0, 0.05) is 18.1 Å². The quantitative estimate of drug-likeness (QED) is 0.782. The summed E-state index contributed by atoms with van der Waals surface area (Å²) in [7, 11) is 0. The maximum atomic E-state index is 13.3. The van der Waals surface area contributed by atoms with Crippen molar-refractivity contribution < 1.29 is 18.0 Å². The van der Waals surface area contributed by atoms with Crippen LogP contribution in [0.5, 0.6) is 0 Å². The van der Waals surface area contributed by atoms with Crippen molar-refractivity contribution in [2.75, 3.05) is 0 Å². The second-order valence-electron chi connectivity index (χ2n) is 5.58. The molecule has 0 aliphatic heterocycles. The fourth-order valence-corrected chi connectivity index (χ4v) is 2.35. The molecule has 0 bridgehead atoms. The summed E-state index contributed by atoms with van der Waals surface area (Å²) < 4.78 is 31.7. The lowest BCUT2D eigenvalue weighted by Gasteiger charge is -2.15. The van der Waals surface area contributed by atoms with Crippen molar-refractivity contribution in [1.82, 2.24) is 15.5 Å². The van der Waals surface area contributed by atoms with Crippen molar-refractivity contribution in [1.29, 1.82) is 0 Å². The standard InChI is InChI=1S/C18H15F2N3O2/c1-10(12-6-7-15(19)16(20)9-12)21-17(24)13-4-3-5-14(8-13)18-23-22-11(2)25-18/h3-10H,1-2H3,(H,21,24)/t10-/m0/s1. The van der Waals surface area contributed by atoms with Crippen molar-refractivity contribution in [2.24, 2.45) is 0 Å². The van der Waals surface area contributed by atoms with Gasteiger partial charge in [0.15, 0.2) is 11.6 Å². The Kier molecular flexibility index (Phi) is 4.56. The van der Waals surface area contributed by atoms with E-state index in [1.165, 1.54) is 6.07 Å². The Bertz CT molecular complexity index is 924. The molecule has 0 unspecified atom stereocenters. The molecule has 128 valence electrons. The van der Waals surface area contributed by atoms with Crippen LogP contribution in [0.25, 0.3) is 11.5 Å². The van der Waals surface area contributed by atoms with Crippen LogP contribution in [0.3, 0.4) is 0 Å². The second kappa shape index (κ2) is 6.80. The predicted octanol–water partition coefficient (Wildman–Crippen LogP) is 3.81. The van der Waals surface area contributed by atoms with Gasteiger partial charge >= 0.3 is 0 Å². The van der Waals surface area contributed by atoms with Crippen LogP contribution in [0.2, 0.25) is 0 Å². The summed E-state index contributed by atoms with van der Waals surface area (Å²) >= 11 is 0. The maximum absolute atomic E-state index is 13.3. The highest BCUT2D eigenvalue weighted by molar-refractivity contribution is 5.95. The fraction of sp³-hybridized carbons (Fsp3) is 0.167. The van der Waals surface area contributed by atoms with Gasteiger partial charge in [-0.25, -0.2) is 8.78 Å². The van der Waals surface area contributed by atoms with Gasteiger partial charge < -0.3 is 9.73 Å². The number of rotatable bonds is 4. The van der Waals surface area contributed by atoms with E-state index in [0.717, 1.165) is 12.1 Å². The van der Waals surface area contributed by atoms with Crippen molar-refractivity contribution >= 4 is 5.91 Å². The van der Waals surface area contributed by atoms with E-state index in [1.807, 2.05) is 0 Å². The second-order valence-corrected chi connectivity index (χ2v) is 5.58. The molecule has 3 aromatic rings. The minimum absolute atomic E-state index is 0.320. The van der Waals surface area contributed by atoms with Crippen LogP contribution in [-0.4, -0.2) is 16.1 Å². The third-order valence-electron chi connectivity index (χ3n) is 3.69. The van der Waals surface area contributed by atoms with Crippen molar-refractivity contribution in [3.05, 3.63) is 71.1 Å². The van der Waals surface area contributed by atoms with Crippen molar-refractivity contribution in [3.8, 4) is 11.5 Å². The number of nitrogens with zero attached hydrogens (tertiary/aromatic N) is 2. The van der Waals surface area contributed by atoms with Crippen molar-refractivity contribution in [2.45, 2.75) is 19.9 Å². The molecule has 0 saturated carbocycles. The Labute approximate surface area is 142 Å². The summed E-state index contributed by atoms with van der Waals surface area (Å²) in [6, 6.07) is 9.76. The zero-order valence-electron chi connectivity index (χ0n) is 13.6. The Hall–Kier alpha value is -3.09. The number of aryl methyl sites for hydroxylation is 1. The van der Waals surface area contributed by atoms with E-state index >= 15 is 0 Å². The summed E-state index contributed by atoms with van der Waals surface area (Å²) in [6.45, 7) is 3.37.